The summed E-state index contributed by atoms with van der Waals surface area (Å²) in [4.78, 5) is 0. The van der Waals surface area contributed by atoms with E-state index in [1.165, 1.54) is 91.3 Å². The van der Waals surface area contributed by atoms with Crippen LogP contribution in [0.3, 0.4) is 0 Å². The van der Waals surface area contributed by atoms with Gasteiger partial charge in [0.15, 0.2) is 0 Å². The Morgan fingerprint density at radius 2 is 1.16 bits per heavy atom. The molecule has 0 bridgehead atoms. The summed E-state index contributed by atoms with van der Waals surface area (Å²) in [6.07, 6.45) is 13.1. The van der Waals surface area contributed by atoms with Crippen molar-refractivity contribution in [2.75, 3.05) is 11.9 Å². The number of hydrogen-bond donors (Lipinski definition) is 1. The zero-order chi connectivity index (χ0) is 20.9. The minimum Gasteiger partial charge on any atom is -0.385 e. The first-order valence-electron chi connectivity index (χ1n) is 12.4. The van der Waals surface area contributed by atoms with Gasteiger partial charge in [0.2, 0.25) is 0 Å². The molecule has 0 amide bonds. The van der Waals surface area contributed by atoms with E-state index < -0.39 is 0 Å². The van der Waals surface area contributed by atoms with Gasteiger partial charge in [0, 0.05) is 17.6 Å². The number of hydrogen-bond acceptors (Lipinski definition) is 1. The average Bonchev–Trinajstić information content (AvgIpc) is 2.82. The van der Waals surface area contributed by atoms with Crippen molar-refractivity contribution in [1.29, 1.82) is 0 Å². The summed E-state index contributed by atoms with van der Waals surface area (Å²) in [6, 6.07) is 27.4. The molecule has 0 saturated carbocycles. The number of anilines is 1. The Morgan fingerprint density at radius 3 is 2.00 bits per heavy atom. The molecule has 5 rings (SSSR count). The molecule has 160 valence electrons. The van der Waals surface area contributed by atoms with Crippen LogP contribution in [0.4, 0.5) is 5.69 Å². The van der Waals surface area contributed by atoms with Crippen molar-refractivity contribution in [2.45, 2.75) is 69.6 Å². The van der Waals surface area contributed by atoms with E-state index in [-0.39, 0.29) is 5.41 Å². The van der Waals surface area contributed by atoms with E-state index in [2.05, 4.69) is 78.1 Å². The molecular weight excluding hydrogens is 374 g/mol. The average molecular weight is 410 g/mol. The molecule has 0 aromatic heterocycles. The Bertz CT molecular complexity index is 1020. The van der Waals surface area contributed by atoms with Crippen molar-refractivity contribution in [3.8, 4) is 11.1 Å². The van der Waals surface area contributed by atoms with E-state index >= 15 is 0 Å². The van der Waals surface area contributed by atoms with Crippen LogP contribution in [0.5, 0.6) is 0 Å². The van der Waals surface area contributed by atoms with Gasteiger partial charge in [-0.25, -0.2) is 0 Å². The fourth-order valence-corrected chi connectivity index (χ4v) is 5.98. The van der Waals surface area contributed by atoms with Crippen LogP contribution in [0.2, 0.25) is 0 Å². The Labute approximate surface area is 187 Å². The van der Waals surface area contributed by atoms with Gasteiger partial charge in [0.1, 0.15) is 0 Å². The molecule has 1 spiro atoms. The zero-order valence-corrected chi connectivity index (χ0v) is 18.7. The van der Waals surface area contributed by atoms with Crippen molar-refractivity contribution in [3.05, 3.63) is 89.5 Å². The molecule has 2 aliphatic rings. The van der Waals surface area contributed by atoms with Crippen molar-refractivity contribution < 1.29 is 0 Å². The van der Waals surface area contributed by atoms with Crippen molar-refractivity contribution >= 4 is 5.69 Å². The Hall–Kier alpha value is -2.54. The molecule has 0 saturated heterocycles. The quantitative estimate of drug-likeness (QED) is 0.395. The predicted molar refractivity (Wildman–Crippen MR) is 133 cm³/mol. The normalized spacial score (nSPS) is 21.8. The number of nitrogens with one attached hydrogen (secondary N) is 1. The molecule has 3 aromatic rings. The van der Waals surface area contributed by atoms with Gasteiger partial charge in [0.25, 0.3) is 0 Å². The van der Waals surface area contributed by atoms with E-state index in [9.17, 15) is 0 Å². The van der Waals surface area contributed by atoms with Gasteiger partial charge in [-0.05, 0) is 53.1 Å². The fraction of sp³-hybridized carbons (Fsp3) is 0.400. The van der Waals surface area contributed by atoms with E-state index in [1.54, 1.807) is 0 Å². The summed E-state index contributed by atoms with van der Waals surface area (Å²) in [5.74, 6) is 0. The SMILES string of the molecule is c1ccc2c(c1)CC1(CCCCCCCCCCNc3ccccc31)c1ccccc1-2. The molecule has 3 aromatic carbocycles. The van der Waals surface area contributed by atoms with E-state index in [0.29, 0.717) is 0 Å². The molecule has 1 aliphatic heterocycles. The molecule has 1 heterocycles. The lowest BCUT2D eigenvalue weighted by molar-refractivity contribution is 0.431. The standard InChI is InChI=1S/C30H35N/c1-2-4-6-14-22-31-29-20-12-11-19-28(29)30(21-13-5-3-1)23-24-15-7-8-16-25(24)26-17-9-10-18-27(26)30/h7-12,15-20,31H,1-6,13-14,21-23H2. The maximum absolute atomic E-state index is 3.84. The van der Waals surface area contributed by atoms with Crippen LogP contribution in [0.1, 0.15) is 74.5 Å². The molecule has 1 unspecified atom stereocenters. The molecule has 1 aliphatic carbocycles. The first-order chi connectivity index (χ1) is 15.4. The van der Waals surface area contributed by atoms with Gasteiger partial charge in [-0.3, -0.25) is 0 Å². The lowest BCUT2D eigenvalue weighted by Crippen LogP contribution is -2.35. The second-order valence-electron chi connectivity index (χ2n) is 9.51. The van der Waals surface area contributed by atoms with Crippen LogP contribution in [-0.4, -0.2) is 6.54 Å². The maximum atomic E-state index is 3.84. The number of benzene rings is 3. The maximum Gasteiger partial charge on any atom is 0.0381 e. The summed E-state index contributed by atoms with van der Waals surface area (Å²) >= 11 is 0. The van der Waals surface area contributed by atoms with Crippen LogP contribution in [0, 0.1) is 0 Å². The lowest BCUT2D eigenvalue weighted by Gasteiger charge is -2.42. The van der Waals surface area contributed by atoms with Gasteiger partial charge in [-0.2, -0.15) is 0 Å². The van der Waals surface area contributed by atoms with Crippen LogP contribution in [0.25, 0.3) is 11.1 Å². The first-order valence-corrected chi connectivity index (χ1v) is 12.4. The third-order valence-corrected chi connectivity index (χ3v) is 7.53. The summed E-state index contributed by atoms with van der Waals surface area (Å²) in [7, 11) is 0. The Balaban J connectivity index is 1.65. The third kappa shape index (κ3) is 4.03. The monoisotopic (exact) mass is 409 g/mol. The molecule has 0 fully saturated rings. The predicted octanol–water partition coefficient (Wildman–Crippen LogP) is 8.13. The molecule has 1 nitrogen and oxygen atoms in total. The molecule has 1 N–H and O–H groups in total. The van der Waals surface area contributed by atoms with Gasteiger partial charge in [-0.15, -0.1) is 0 Å². The summed E-state index contributed by atoms with van der Waals surface area (Å²) in [6.45, 7) is 1.07. The summed E-state index contributed by atoms with van der Waals surface area (Å²) in [5.41, 5.74) is 8.75. The van der Waals surface area contributed by atoms with Crippen molar-refractivity contribution in [1.82, 2.24) is 0 Å². The van der Waals surface area contributed by atoms with E-state index in [1.807, 2.05) is 0 Å². The second kappa shape index (κ2) is 9.30. The number of para-hydroxylation sites is 1. The molecule has 31 heavy (non-hydrogen) atoms. The number of rotatable bonds is 0. The Kier molecular flexibility index (Phi) is 6.11. The summed E-state index contributed by atoms with van der Waals surface area (Å²) < 4.78 is 0. The largest absolute Gasteiger partial charge is 0.385 e. The van der Waals surface area contributed by atoms with Gasteiger partial charge >= 0.3 is 0 Å². The minimum atomic E-state index is 0.0403. The van der Waals surface area contributed by atoms with E-state index in [4.69, 9.17) is 0 Å². The highest BCUT2D eigenvalue weighted by atomic mass is 14.9. The lowest BCUT2D eigenvalue weighted by atomic mass is 9.61. The first kappa shape index (κ1) is 20.4. The van der Waals surface area contributed by atoms with Crippen LogP contribution < -0.4 is 5.32 Å². The van der Waals surface area contributed by atoms with Crippen molar-refractivity contribution in [3.63, 3.8) is 0 Å². The summed E-state index contributed by atoms with van der Waals surface area (Å²) in [5, 5.41) is 3.84. The smallest absolute Gasteiger partial charge is 0.0381 e. The number of fused-ring (bicyclic) bond motifs is 6. The second-order valence-corrected chi connectivity index (χ2v) is 9.51. The molecule has 1 heteroatoms. The minimum absolute atomic E-state index is 0.0403. The fourth-order valence-electron chi connectivity index (χ4n) is 5.98. The molecular formula is C30H35N. The van der Waals surface area contributed by atoms with Crippen LogP contribution in [0.15, 0.2) is 72.8 Å². The van der Waals surface area contributed by atoms with Crippen LogP contribution in [-0.2, 0) is 11.8 Å². The highest BCUT2D eigenvalue weighted by Gasteiger charge is 2.41. The van der Waals surface area contributed by atoms with E-state index in [0.717, 1.165) is 13.0 Å². The molecule has 0 radical (unpaired) electrons. The third-order valence-electron chi connectivity index (χ3n) is 7.53. The van der Waals surface area contributed by atoms with Crippen molar-refractivity contribution in [2.24, 2.45) is 0 Å². The highest BCUT2D eigenvalue weighted by Crippen LogP contribution is 2.51. The zero-order valence-electron chi connectivity index (χ0n) is 18.7. The van der Waals surface area contributed by atoms with Gasteiger partial charge in [-0.1, -0.05) is 112 Å². The Morgan fingerprint density at radius 1 is 0.548 bits per heavy atom. The van der Waals surface area contributed by atoms with Gasteiger partial charge < -0.3 is 5.32 Å². The highest BCUT2D eigenvalue weighted by molar-refractivity contribution is 5.78. The topological polar surface area (TPSA) is 12.0 Å². The molecule has 1 atom stereocenters. The van der Waals surface area contributed by atoms with Gasteiger partial charge in [0.05, 0.1) is 0 Å². The van der Waals surface area contributed by atoms with Crippen LogP contribution >= 0.6 is 0 Å².